The number of aromatic nitrogens is 1. The van der Waals surface area contributed by atoms with Gasteiger partial charge in [-0.3, -0.25) is 14.5 Å². The van der Waals surface area contributed by atoms with E-state index in [2.05, 4.69) is 16.3 Å². The van der Waals surface area contributed by atoms with E-state index in [-0.39, 0.29) is 48.4 Å². The Hall–Kier alpha value is -2.77. The summed E-state index contributed by atoms with van der Waals surface area (Å²) in [5.74, 6) is -1.31. The third kappa shape index (κ3) is 3.83. The summed E-state index contributed by atoms with van der Waals surface area (Å²) in [5, 5.41) is 13.2. The van der Waals surface area contributed by atoms with E-state index in [4.69, 9.17) is 0 Å². The van der Waals surface area contributed by atoms with Crippen molar-refractivity contribution in [1.82, 2.24) is 14.8 Å². The third-order valence-corrected chi connectivity index (χ3v) is 7.64. The van der Waals surface area contributed by atoms with Crippen LogP contribution in [0.5, 0.6) is 0 Å². The number of carbonyl (C=O) groups is 1. The van der Waals surface area contributed by atoms with E-state index in [0.717, 1.165) is 42.5 Å². The summed E-state index contributed by atoms with van der Waals surface area (Å²) in [4.78, 5) is 28.9. The molecule has 1 aromatic carbocycles. The number of rotatable bonds is 5. The molecule has 2 aliphatic heterocycles. The van der Waals surface area contributed by atoms with Gasteiger partial charge in [0.2, 0.25) is 5.91 Å². The van der Waals surface area contributed by atoms with Crippen molar-refractivity contribution in [2.45, 2.75) is 50.9 Å². The highest BCUT2D eigenvalue weighted by molar-refractivity contribution is 5.80. The van der Waals surface area contributed by atoms with Crippen molar-refractivity contribution in [2.24, 2.45) is 11.8 Å². The monoisotopic (exact) mass is 451 g/mol. The quantitative estimate of drug-likeness (QED) is 0.733. The molecular weight excluding hydrogens is 421 g/mol. The minimum Gasteiger partial charge on any atom is -0.396 e. The van der Waals surface area contributed by atoms with Crippen molar-refractivity contribution >= 4 is 11.5 Å². The number of fused-ring (bicyclic) bond motifs is 4. The van der Waals surface area contributed by atoms with Crippen molar-refractivity contribution in [2.75, 3.05) is 13.7 Å². The highest BCUT2D eigenvalue weighted by Crippen LogP contribution is 2.47. The van der Waals surface area contributed by atoms with Crippen LogP contribution in [0.1, 0.15) is 48.5 Å². The first-order valence-corrected chi connectivity index (χ1v) is 11.8. The summed E-state index contributed by atoms with van der Waals surface area (Å²) in [7, 11) is 1.96. The standard InChI is InChI=1S/C26H30FN3O3/c1-29-22-14-30-21(11-10-19(26(30)33)17-7-3-2-4-8-17)24(29)23(20(22)15-31)25(32)28-13-16-6-5-9-18(27)12-16/h5-7,9-12,20,22-24,31H,2-4,8,13-15H2,1H3,(H,28,32)/t20-,22-,23+,24+/m1/s1. The SMILES string of the molecule is CN1[C@@H]2Cn3c(ccc(C4=CCCCC4)c3=O)[C@H]1[C@@H](C(=O)NCc1cccc(F)c1)[C@@H]2CO. The number of halogens is 1. The van der Waals surface area contributed by atoms with Crippen LogP contribution in [0.3, 0.4) is 0 Å². The van der Waals surface area contributed by atoms with E-state index in [1.165, 1.54) is 12.1 Å². The number of allylic oxidation sites excluding steroid dienone is 2. The second kappa shape index (κ2) is 8.88. The number of nitrogens with one attached hydrogen (secondary N) is 1. The summed E-state index contributed by atoms with van der Waals surface area (Å²) in [6.45, 7) is 0.539. The number of hydrogen-bond acceptors (Lipinski definition) is 4. The Balaban J connectivity index is 1.46. The first-order valence-electron chi connectivity index (χ1n) is 11.8. The second-order valence-electron chi connectivity index (χ2n) is 9.46. The van der Waals surface area contributed by atoms with Crippen molar-refractivity contribution < 1.29 is 14.3 Å². The van der Waals surface area contributed by atoms with E-state index in [0.29, 0.717) is 12.1 Å². The van der Waals surface area contributed by atoms with Crippen molar-refractivity contribution in [1.29, 1.82) is 0 Å². The smallest absolute Gasteiger partial charge is 0.258 e. The van der Waals surface area contributed by atoms with Crippen LogP contribution in [0.25, 0.3) is 5.57 Å². The zero-order valence-corrected chi connectivity index (χ0v) is 18.8. The highest BCUT2D eigenvalue weighted by atomic mass is 19.1. The van der Waals surface area contributed by atoms with Gasteiger partial charge in [-0.1, -0.05) is 18.2 Å². The molecule has 3 aliphatic rings. The summed E-state index contributed by atoms with van der Waals surface area (Å²) in [6, 6.07) is 9.65. The fourth-order valence-electron chi connectivity index (χ4n) is 5.97. The zero-order chi connectivity index (χ0) is 23.1. The highest BCUT2D eigenvalue weighted by Gasteiger charge is 2.54. The minimum atomic E-state index is -0.494. The van der Waals surface area contributed by atoms with E-state index in [1.54, 1.807) is 12.1 Å². The molecular formula is C26H30FN3O3. The van der Waals surface area contributed by atoms with Crippen LogP contribution in [-0.2, 0) is 17.9 Å². The maximum Gasteiger partial charge on any atom is 0.258 e. The Bertz CT molecular complexity index is 1160. The normalized spacial score (nSPS) is 26.6. The maximum atomic E-state index is 13.5. The fraction of sp³-hybridized carbons (Fsp3) is 0.462. The van der Waals surface area contributed by atoms with E-state index < -0.39 is 5.92 Å². The van der Waals surface area contributed by atoms with Crippen molar-refractivity contribution in [3.63, 3.8) is 0 Å². The molecule has 3 heterocycles. The lowest BCUT2D eigenvalue weighted by Crippen LogP contribution is -2.45. The zero-order valence-electron chi connectivity index (χ0n) is 18.8. The van der Waals surface area contributed by atoms with Crippen LogP contribution in [0.2, 0.25) is 0 Å². The van der Waals surface area contributed by atoms with Gasteiger partial charge >= 0.3 is 0 Å². The lowest BCUT2D eigenvalue weighted by Gasteiger charge is -2.35. The number of aliphatic hydroxyl groups excluding tert-OH is 1. The predicted molar refractivity (Wildman–Crippen MR) is 124 cm³/mol. The molecule has 1 aliphatic carbocycles. The molecule has 4 atom stereocenters. The van der Waals surface area contributed by atoms with Gasteiger partial charge in [0.25, 0.3) is 5.56 Å². The van der Waals surface area contributed by atoms with Crippen molar-refractivity contribution in [3.8, 4) is 0 Å². The summed E-state index contributed by atoms with van der Waals surface area (Å²) in [5.41, 5.74) is 3.38. The Labute approximate surface area is 192 Å². The van der Waals surface area contributed by atoms with Gasteiger partial charge in [0, 0.05) is 42.9 Å². The summed E-state index contributed by atoms with van der Waals surface area (Å²) >= 11 is 0. The van der Waals surface area contributed by atoms with Gasteiger partial charge in [-0.2, -0.15) is 0 Å². The van der Waals surface area contributed by atoms with Gasteiger partial charge in [0.1, 0.15) is 5.82 Å². The number of pyridine rings is 1. The Morgan fingerprint density at radius 3 is 2.82 bits per heavy atom. The molecule has 0 radical (unpaired) electrons. The maximum absolute atomic E-state index is 13.5. The molecule has 0 unspecified atom stereocenters. The first kappa shape index (κ1) is 22.0. The summed E-state index contributed by atoms with van der Waals surface area (Å²) < 4.78 is 15.3. The van der Waals surface area contributed by atoms with E-state index >= 15 is 0 Å². The van der Waals surface area contributed by atoms with Crippen LogP contribution in [0.15, 0.2) is 47.3 Å². The van der Waals surface area contributed by atoms with Gasteiger partial charge in [0.15, 0.2) is 0 Å². The van der Waals surface area contributed by atoms with Gasteiger partial charge in [-0.15, -0.1) is 0 Å². The van der Waals surface area contributed by atoms with E-state index in [1.807, 2.05) is 23.7 Å². The molecule has 7 heteroatoms. The van der Waals surface area contributed by atoms with Crippen LogP contribution < -0.4 is 10.9 Å². The molecule has 33 heavy (non-hydrogen) atoms. The Kier molecular flexibility index (Phi) is 5.93. The second-order valence-corrected chi connectivity index (χ2v) is 9.46. The van der Waals surface area contributed by atoms with Gasteiger partial charge in [-0.05, 0) is 68.1 Å². The number of carbonyl (C=O) groups excluding carboxylic acids is 1. The third-order valence-electron chi connectivity index (χ3n) is 7.64. The number of hydrogen-bond donors (Lipinski definition) is 2. The van der Waals surface area contributed by atoms with Crippen LogP contribution >= 0.6 is 0 Å². The van der Waals surface area contributed by atoms with Crippen LogP contribution in [0, 0.1) is 17.7 Å². The minimum absolute atomic E-state index is 0.00117. The Morgan fingerprint density at radius 2 is 2.09 bits per heavy atom. The predicted octanol–water partition coefficient (Wildman–Crippen LogP) is 2.85. The molecule has 1 aromatic heterocycles. The molecule has 1 amide bonds. The molecule has 6 nitrogen and oxygen atoms in total. The number of amides is 1. The van der Waals surface area contributed by atoms with Gasteiger partial charge < -0.3 is 15.0 Å². The molecule has 5 rings (SSSR count). The van der Waals surface area contributed by atoms with Crippen LogP contribution in [-0.4, -0.2) is 40.2 Å². The van der Waals surface area contributed by atoms with Crippen LogP contribution in [0.4, 0.5) is 4.39 Å². The Morgan fingerprint density at radius 1 is 1.24 bits per heavy atom. The van der Waals surface area contributed by atoms with Crippen molar-refractivity contribution in [3.05, 3.63) is 75.5 Å². The van der Waals surface area contributed by atoms with Gasteiger partial charge in [-0.25, -0.2) is 4.39 Å². The first-order chi connectivity index (χ1) is 16.0. The summed E-state index contributed by atoms with van der Waals surface area (Å²) in [6.07, 6.45) is 6.36. The largest absolute Gasteiger partial charge is 0.396 e. The van der Waals surface area contributed by atoms with Gasteiger partial charge in [0.05, 0.1) is 12.0 Å². The average molecular weight is 452 g/mol. The molecule has 1 fully saturated rings. The average Bonchev–Trinajstić information content (AvgIpc) is 3.00. The number of nitrogens with zero attached hydrogens (tertiary/aromatic N) is 2. The number of likely N-dealkylation sites (N-methyl/N-ethyl adjacent to an activating group) is 1. The topological polar surface area (TPSA) is 74.6 Å². The molecule has 2 bridgehead atoms. The number of aliphatic hydroxyl groups is 1. The number of benzene rings is 1. The molecule has 0 saturated carbocycles. The molecule has 2 N–H and O–H groups in total. The molecule has 1 saturated heterocycles. The molecule has 174 valence electrons. The molecule has 0 spiro atoms. The molecule has 2 aromatic rings. The van der Waals surface area contributed by atoms with E-state index in [9.17, 15) is 19.1 Å². The lowest BCUT2D eigenvalue weighted by atomic mass is 9.86. The fourth-order valence-corrected chi connectivity index (χ4v) is 5.97. The lowest BCUT2D eigenvalue weighted by molar-refractivity contribution is -0.127.